The number of likely N-dealkylation sites (N-methyl/N-ethyl adjacent to an activating group) is 1. The topological polar surface area (TPSA) is 62.7 Å². The second kappa shape index (κ2) is 8.32. The van der Waals surface area contributed by atoms with Gasteiger partial charge in [0.25, 0.3) is 0 Å². The molecular formula is C21H26N2O3. The van der Waals surface area contributed by atoms with Crippen LogP contribution in [-0.2, 0) is 11.2 Å². The Morgan fingerprint density at radius 3 is 2.81 bits per heavy atom. The monoisotopic (exact) mass is 354 g/mol. The van der Waals surface area contributed by atoms with Gasteiger partial charge in [-0.3, -0.25) is 9.78 Å². The number of carbonyl (C=O) groups is 1. The number of hydrogen-bond donors (Lipinski definition) is 1. The summed E-state index contributed by atoms with van der Waals surface area (Å²) in [6.45, 7) is 2.01. The van der Waals surface area contributed by atoms with Gasteiger partial charge in [0.1, 0.15) is 18.0 Å². The van der Waals surface area contributed by atoms with Crippen molar-refractivity contribution in [1.29, 1.82) is 0 Å². The van der Waals surface area contributed by atoms with E-state index in [0.29, 0.717) is 12.2 Å². The molecule has 3 atom stereocenters. The van der Waals surface area contributed by atoms with Crippen LogP contribution in [0, 0.1) is 6.92 Å². The summed E-state index contributed by atoms with van der Waals surface area (Å²) in [5.41, 5.74) is 2.13. The molecule has 1 aliphatic carbocycles. The largest absolute Gasteiger partial charge is 0.486 e. The van der Waals surface area contributed by atoms with Gasteiger partial charge in [0, 0.05) is 13.2 Å². The minimum atomic E-state index is -0.713. The molecule has 0 unspecified atom stereocenters. The Morgan fingerprint density at radius 1 is 1.27 bits per heavy atom. The standard InChI is InChI=1S/C21H26N2O3/c1-15-7-3-4-8-16(15)13-20(24)23(2)18-10-5-11-19(21(18)25)26-17-9-6-12-22-14-17/h3-4,6-9,12,14,18-19,21,25H,5,10-11,13H2,1-2H3/t18-,19-,21-/m1/s1. The molecule has 0 saturated heterocycles. The zero-order valence-electron chi connectivity index (χ0n) is 15.3. The van der Waals surface area contributed by atoms with E-state index in [2.05, 4.69) is 4.98 Å². The molecule has 1 aliphatic rings. The predicted octanol–water partition coefficient (Wildman–Crippen LogP) is 2.75. The molecule has 1 aromatic heterocycles. The third-order valence-corrected chi connectivity index (χ3v) is 5.18. The first-order valence-corrected chi connectivity index (χ1v) is 9.11. The summed E-state index contributed by atoms with van der Waals surface area (Å²) in [6.07, 6.45) is 5.10. The molecule has 1 N–H and O–H groups in total. The van der Waals surface area contributed by atoms with E-state index in [9.17, 15) is 9.90 Å². The molecule has 2 aromatic rings. The van der Waals surface area contributed by atoms with Crippen molar-refractivity contribution >= 4 is 5.91 Å². The molecule has 0 radical (unpaired) electrons. The third kappa shape index (κ3) is 4.22. The highest BCUT2D eigenvalue weighted by Gasteiger charge is 2.37. The summed E-state index contributed by atoms with van der Waals surface area (Å²) < 4.78 is 5.91. The molecule has 26 heavy (non-hydrogen) atoms. The van der Waals surface area contributed by atoms with Crippen molar-refractivity contribution in [2.24, 2.45) is 0 Å². The number of ether oxygens (including phenoxy) is 1. The van der Waals surface area contributed by atoms with Gasteiger partial charge in [-0.15, -0.1) is 0 Å². The van der Waals surface area contributed by atoms with Gasteiger partial charge in [-0.1, -0.05) is 24.3 Å². The van der Waals surface area contributed by atoms with Crippen molar-refractivity contribution in [3.8, 4) is 5.75 Å². The highest BCUT2D eigenvalue weighted by Crippen LogP contribution is 2.27. The molecule has 0 aliphatic heterocycles. The zero-order valence-corrected chi connectivity index (χ0v) is 15.3. The Morgan fingerprint density at radius 2 is 2.08 bits per heavy atom. The number of aliphatic hydroxyl groups excluding tert-OH is 1. The highest BCUT2D eigenvalue weighted by atomic mass is 16.5. The Bertz CT molecular complexity index is 735. The van der Waals surface area contributed by atoms with Crippen LogP contribution < -0.4 is 4.74 Å². The first-order valence-electron chi connectivity index (χ1n) is 9.11. The summed E-state index contributed by atoms with van der Waals surface area (Å²) >= 11 is 0. The molecule has 1 aromatic carbocycles. The van der Waals surface area contributed by atoms with Crippen molar-refractivity contribution in [2.45, 2.75) is 50.9 Å². The fourth-order valence-electron chi connectivity index (χ4n) is 3.54. The summed E-state index contributed by atoms with van der Waals surface area (Å²) in [5.74, 6) is 0.663. The quantitative estimate of drug-likeness (QED) is 0.897. The number of amides is 1. The molecule has 1 heterocycles. The van der Waals surface area contributed by atoms with Crippen molar-refractivity contribution in [2.75, 3.05) is 7.05 Å². The maximum Gasteiger partial charge on any atom is 0.227 e. The summed E-state index contributed by atoms with van der Waals surface area (Å²) in [6, 6.07) is 11.3. The van der Waals surface area contributed by atoms with Gasteiger partial charge in [0.15, 0.2) is 0 Å². The van der Waals surface area contributed by atoms with Gasteiger partial charge in [0.2, 0.25) is 5.91 Å². The lowest BCUT2D eigenvalue weighted by molar-refractivity contribution is -0.137. The van der Waals surface area contributed by atoms with E-state index in [4.69, 9.17) is 4.74 Å². The van der Waals surface area contributed by atoms with Crippen LogP contribution in [0.15, 0.2) is 48.8 Å². The Balaban J connectivity index is 1.65. The molecule has 5 nitrogen and oxygen atoms in total. The van der Waals surface area contributed by atoms with Gasteiger partial charge < -0.3 is 14.7 Å². The number of rotatable bonds is 5. The lowest BCUT2D eigenvalue weighted by atomic mass is 9.88. The van der Waals surface area contributed by atoms with E-state index in [1.807, 2.05) is 37.3 Å². The molecule has 1 amide bonds. The summed E-state index contributed by atoms with van der Waals surface area (Å²) in [5, 5.41) is 10.8. The van der Waals surface area contributed by atoms with Gasteiger partial charge in [-0.2, -0.15) is 0 Å². The van der Waals surface area contributed by atoms with Crippen LogP contribution in [0.1, 0.15) is 30.4 Å². The molecule has 1 saturated carbocycles. The Kier molecular flexibility index (Phi) is 5.89. The molecule has 138 valence electrons. The zero-order chi connectivity index (χ0) is 18.5. The van der Waals surface area contributed by atoms with E-state index >= 15 is 0 Å². The minimum absolute atomic E-state index is 0.0189. The Labute approximate surface area is 154 Å². The fraction of sp³-hybridized carbons (Fsp3) is 0.429. The van der Waals surface area contributed by atoms with Crippen molar-refractivity contribution < 1.29 is 14.6 Å². The van der Waals surface area contributed by atoms with E-state index < -0.39 is 6.10 Å². The lowest BCUT2D eigenvalue weighted by Gasteiger charge is -2.39. The predicted molar refractivity (Wildman–Crippen MR) is 100.0 cm³/mol. The lowest BCUT2D eigenvalue weighted by Crippen LogP contribution is -2.53. The van der Waals surface area contributed by atoms with Crippen LogP contribution in [0.2, 0.25) is 0 Å². The van der Waals surface area contributed by atoms with Gasteiger partial charge in [-0.25, -0.2) is 0 Å². The van der Waals surface area contributed by atoms with Crippen molar-refractivity contribution in [3.63, 3.8) is 0 Å². The normalized spacial score (nSPS) is 22.7. The fourth-order valence-corrected chi connectivity index (χ4v) is 3.54. The average molecular weight is 354 g/mol. The molecule has 3 rings (SSSR count). The van der Waals surface area contributed by atoms with E-state index in [1.54, 1.807) is 30.4 Å². The van der Waals surface area contributed by atoms with Crippen molar-refractivity contribution in [1.82, 2.24) is 9.88 Å². The third-order valence-electron chi connectivity index (χ3n) is 5.18. The van der Waals surface area contributed by atoms with Crippen LogP contribution in [0.3, 0.4) is 0 Å². The summed E-state index contributed by atoms with van der Waals surface area (Å²) in [7, 11) is 1.78. The molecule has 0 bridgehead atoms. The molecule has 0 spiro atoms. The number of pyridine rings is 1. The summed E-state index contributed by atoms with van der Waals surface area (Å²) in [4.78, 5) is 18.5. The molecule has 5 heteroatoms. The first kappa shape index (κ1) is 18.4. The van der Waals surface area contributed by atoms with Gasteiger partial charge in [0.05, 0.1) is 18.7 Å². The first-order chi connectivity index (χ1) is 12.6. The van der Waals surface area contributed by atoms with E-state index in [0.717, 1.165) is 30.4 Å². The maximum absolute atomic E-state index is 12.7. The van der Waals surface area contributed by atoms with E-state index in [1.165, 1.54) is 0 Å². The van der Waals surface area contributed by atoms with E-state index in [-0.39, 0.29) is 18.1 Å². The number of benzene rings is 1. The number of aromatic nitrogens is 1. The number of nitrogens with zero attached hydrogens (tertiary/aromatic N) is 2. The SMILES string of the molecule is Cc1ccccc1CC(=O)N(C)[C@@H]1CCC[C@@H](Oc2cccnc2)[C@@H]1O. The minimum Gasteiger partial charge on any atom is -0.486 e. The number of hydrogen-bond acceptors (Lipinski definition) is 4. The second-order valence-corrected chi connectivity index (χ2v) is 6.94. The van der Waals surface area contributed by atoms with Gasteiger partial charge in [-0.05, 0) is 49.4 Å². The van der Waals surface area contributed by atoms with Crippen LogP contribution in [0.25, 0.3) is 0 Å². The Hall–Kier alpha value is -2.40. The second-order valence-electron chi connectivity index (χ2n) is 6.94. The van der Waals surface area contributed by atoms with Gasteiger partial charge >= 0.3 is 0 Å². The maximum atomic E-state index is 12.7. The van der Waals surface area contributed by atoms with Crippen LogP contribution in [0.4, 0.5) is 0 Å². The molecule has 1 fully saturated rings. The number of aryl methyl sites for hydroxylation is 1. The smallest absolute Gasteiger partial charge is 0.227 e. The van der Waals surface area contributed by atoms with Crippen molar-refractivity contribution in [3.05, 3.63) is 59.9 Å². The number of aliphatic hydroxyl groups is 1. The van der Waals surface area contributed by atoms with Crippen LogP contribution in [-0.4, -0.2) is 46.2 Å². The van der Waals surface area contributed by atoms with Crippen LogP contribution >= 0.6 is 0 Å². The van der Waals surface area contributed by atoms with Crippen LogP contribution in [0.5, 0.6) is 5.75 Å². The number of carbonyl (C=O) groups excluding carboxylic acids is 1. The highest BCUT2D eigenvalue weighted by molar-refractivity contribution is 5.79. The molecular weight excluding hydrogens is 328 g/mol. The average Bonchev–Trinajstić information content (AvgIpc) is 2.65.